The molecule has 2 atom stereocenters. The largest absolute Gasteiger partial charge is 0.435 e. The predicted molar refractivity (Wildman–Crippen MR) is 180 cm³/mol. The van der Waals surface area contributed by atoms with Crippen LogP contribution < -0.4 is 15.3 Å². The van der Waals surface area contributed by atoms with Crippen LogP contribution in [0.15, 0.2) is 126 Å². The number of anilines is 2. The molecule has 3 nitrogen and oxygen atoms in total. The van der Waals surface area contributed by atoms with Crippen molar-refractivity contribution in [3.63, 3.8) is 0 Å². The zero-order chi connectivity index (χ0) is 28.1. The van der Waals surface area contributed by atoms with Gasteiger partial charge in [-0.25, -0.2) is 4.98 Å². The van der Waals surface area contributed by atoms with Crippen molar-refractivity contribution >= 4 is 76.9 Å². The van der Waals surface area contributed by atoms with Crippen molar-refractivity contribution in [2.24, 2.45) is 0 Å². The molecule has 10 rings (SSSR count). The summed E-state index contributed by atoms with van der Waals surface area (Å²) < 4.78 is 8.99. The van der Waals surface area contributed by atoms with E-state index in [2.05, 4.69) is 138 Å². The maximum Gasteiger partial charge on any atom is 0.227 e. The molecule has 0 spiro atoms. The number of thiophene rings is 1. The van der Waals surface area contributed by atoms with Gasteiger partial charge in [-0.05, 0) is 75.3 Å². The van der Waals surface area contributed by atoms with Crippen molar-refractivity contribution in [3.05, 3.63) is 137 Å². The lowest BCUT2D eigenvalue weighted by molar-refractivity contribution is 0.623. The number of hydrogen-bond acceptors (Lipinski definition) is 4. The highest BCUT2D eigenvalue weighted by Crippen LogP contribution is 2.50. The monoisotopic (exact) mass is 568 g/mol. The molecule has 0 bridgehead atoms. The zero-order valence-electron chi connectivity index (χ0n) is 23.1. The Morgan fingerprint density at radius 2 is 1.42 bits per heavy atom. The highest BCUT2D eigenvalue weighted by molar-refractivity contribution is 7.26. The van der Waals surface area contributed by atoms with E-state index in [1.54, 1.807) is 11.3 Å². The quantitative estimate of drug-likeness (QED) is 0.209. The van der Waals surface area contributed by atoms with E-state index >= 15 is 0 Å². The number of rotatable bonds is 2. The van der Waals surface area contributed by atoms with E-state index in [1.165, 1.54) is 52.9 Å². The van der Waals surface area contributed by atoms with Crippen LogP contribution in [0.3, 0.4) is 0 Å². The van der Waals surface area contributed by atoms with E-state index in [9.17, 15) is 0 Å². The maximum atomic E-state index is 6.50. The first-order chi connectivity index (χ1) is 21.3. The van der Waals surface area contributed by atoms with E-state index in [0.717, 1.165) is 22.0 Å². The van der Waals surface area contributed by atoms with Gasteiger partial charge in [0, 0.05) is 43.0 Å². The van der Waals surface area contributed by atoms with Crippen LogP contribution in [0, 0.1) is 0 Å². The normalized spacial score (nSPS) is 17.2. The van der Waals surface area contributed by atoms with Crippen molar-refractivity contribution in [1.29, 1.82) is 0 Å². The van der Waals surface area contributed by atoms with E-state index < -0.39 is 0 Å². The molecule has 0 fully saturated rings. The summed E-state index contributed by atoms with van der Waals surface area (Å²) in [5.74, 6) is 0.928. The van der Waals surface area contributed by atoms with Crippen LogP contribution in [0.1, 0.15) is 11.5 Å². The summed E-state index contributed by atoms with van der Waals surface area (Å²) in [6.07, 6.45) is 4.91. The maximum absolute atomic E-state index is 6.50. The molecule has 2 unspecified atom stereocenters. The van der Waals surface area contributed by atoms with Crippen molar-refractivity contribution in [2.75, 3.05) is 4.90 Å². The Labute approximate surface area is 251 Å². The van der Waals surface area contributed by atoms with Crippen LogP contribution in [-0.2, 0) is 0 Å². The first kappa shape index (κ1) is 23.4. The van der Waals surface area contributed by atoms with Crippen LogP contribution in [0.5, 0.6) is 0 Å². The minimum absolute atomic E-state index is 0.200. The molecular formula is C39H24N2OS. The summed E-state index contributed by atoms with van der Waals surface area (Å²) in [5, 5.41) is 7.60. The van der Waals surface area contributed by atoms with Gasteiger partial charge in [-0.1, -0.05) is 84.9 Å². The van der Waals surface area contributed by atoms with Gasteiger partial charge >= 0.3 is 0 Å². The average Bonchev–Trinajstić information content (AvgIpc) is 3.75. The van der Waals surface area contributed by atoms with Crippen molar-refractivity contribution in [3.8, 4) is 11.5 Å². The van der Waals surface area contributed by atoms with Gasteiger partial charge < -0.3 is 9.32 Å². The lowest BCUT2D eigenvalue weighted by atomic mass is 9.87. The minimum Gasteiger partial charge on any atom is -0.435 e. The molecule has 2 aromatic heterocycles. The number of oxazole rings is 1. The second-order valence-electron chi connectivity index (χ2n) is 11.5. The highest BCUT2D eigenvalue weighted by atomic mass is 32.1. The summed E-state index contributed by atoms with van der Waals surface area (Å²) in [4.78, 5) is 7.43. The van der Waals surface area contributed by atoms with Gasteiger partial charge in [0.05, 0.1) is 6.04 Å². The Morgan fingerprint density at radius 1 is 0.651 bits per heavy atom. The summed E-state index contributed by atoms with van der Waals surface area (Å²) in [6.45, 7) is 0. The Balaban J connectivity index is 1.11. The van der Waals surface area contributed by atoms with Gasteiger partial charge in [-0.2, -0.15) is 0 Å². The Hall–Kier alpha value is -5.19. The smallest absolute Gasteiger partial charge is 0.227 e. The molecule has 2 aliphatic rings. The van der Waals surface area contributed by atoms with Crippen LogP contribution in [0.4, 0.5) is 11.4 Å². The molecule has 1 aliphatic heterocycles. The summed E-state index contributed by atoms with van der Waals surface area (Å²) >= 11 is 1.80. The van der Waals surface area contributed by atoms with E-state index in [-0.39, 0.29) is 12.0 Å². The van der Waals surface area contributed by atoms with E-state index in [1.807, 2.05) is 0 Å². The lowest BCUT2D eigenvalue weighted by Crippen LogP contribution is -2.38. The third-order valence-electron chi connectivity index (χ3n) is 9.20. The van der Waals surface area contributed by atoms with Crippen LogP contribution >= 0.6 is 11.3 Å². The Morgan fingerprint density at radius 3 is 2.30 bits per heavy atom. The highest BCUT2D eigenvalue weighted by Gasteiger charge is 2.39. The summed E-state index contributed by atoms with van der Waals surface area (Å²) in [5.41, 5.74) is 6.58. The third kappa shape index (κ3) is 3.33. The van der Waals surface area contributed by atoms with Crippen molar-refractivity contribution in [2.45, 2.75) is 12.0 Å². The number of aromatic nitrogens is 1. The van der Waals surface area contributed by atoms with Gasteiger partial charge in [0.25, 0.3) is 0 Å². The van der Waals surface area contributed by atoms with Crippen molar-refractivity contribution in [1.82, 2.24) is 4.98 Å². The van der Waals surface area contributed by atoms with Gasteiger partial charge in [0.2, 0.25) is 5.89 Å². The zero-order valence-corrected chi connectivity index (χ0v) is 23.9. The Kier molecular flexibility index (Phi) is 4.71. The summed E-state index contributed by atoms with van der Waals surface area (Å²) in [7, 11) is 0. The fourth-order valence-corrected chi connectivity index (χ4v) is 8.39. The van der Waals surface area contributed by atoms with Gasteiger partial charge in [0.1, 0.15) is 5.52 Å². The molecule has 0 N–H and O–H groups in total. The first-order valence-corrected chi connectivity index (χ1v) is 15.5. The van der Waals surface area contributed by atoms with Gasteiger partial charge in [-0.3, -0.25) is 0 Å². The Bertz CT molecular complexity index is 2540. The van der Waals surface area contributed by atoms with Crippen molar-refractivity contribution < 1.29 is 4.42 Å². The molecule has 0 radical (unpaired) electrons. The van der Waals surface area contributed by atoms with Gasteiger partial charge in [0.15, 0.2) is 5.58 Å². The molecule has 43 heavy (non-hydrogen) atoms. The minimum atomic E-state index is 0.200. The molecule has 3 heterocycles. The van der Waals surface area contributed by atoms with Crippen LogP contribution in [-0.4, -0.2) is 11.0 Å². The number of hydrogen-bond donors (Lipinski definition) is 0. The number of nitrogens with zero attached hydrogens (tertiary/aromatic N) is 2. The second kappa shape index (κ2) is 8.66. The molecule has 0 saturated carbocycles. The number of benzene rings is 6. The molecule has 4 heteroatoms. The molecule has 0 saturated heterocycles. The van der Waals surface area contributed by atoms with Crippen LogP contribution in [0.25, 0.3) is 65.7 Å². The summed E-state index contributed by atoms with van der Waals surface area (Å²) in [6, 6.07) is 43.8. The molecule has 6 aromatic carbocycles. The standard InChI is InChI=1S/C39H24N2OS/c1-2-9-26-22-33-30(21-25(26)8-1)36-28-10-4-3-7-23(28)15-19-32(36)41(33)27-16-13-24(14-17-27)39-40-31-18-20-35-37(38(31)42-39)29-11-5-6-12-34(29)43-35/h1-22,30,33H. The SMILES string of the molecule is C1=c2ccccc2=CC2C1c1c(ccc3ccccc13)N2c1ccc(-c2nc3ccc4sc5ccccc5c4c3o2)cc1. The fourth-order valence-electron chi connectivity index (χ4n) is 7.28. The second-order valence-corrected chi connectivity index (χ2v) is 12.6. The first-order valence-electron chi connectivity index (χ1n) is 14.7. The number of fused-ring (bicyclic) bond motifs is 11. The van der Waals surface area contributed by atoms with E-state index in [0.29, 0.717) is 5.89 Å². The topological polar surface area (TPSA) is 29.3 Å². The average molecular weight is 569 g/mol. The van der Waals surface area contributed by atoms with E-state index in [4.69, 9.17) is 9.40 Å². The molecule has 1 aliphatic carbocycles. The fraction of sp³-hybridized carbons (Fsp3) is 0.0513. The third-order valence-corrected chi connectivity index (χ3v) is 10.3. The van der Waals surface area contributed by atoms with Gasteiger partial charge in [-0.15, -0.1) is 11.3 Å². The lowest BCUT2D eigenvalue weighted by Gasteiger charge is -2.29. The molecular weight excluding hydrogens is 545 g/mol. The predicted octanol–water partition coefficient (Wildman–Crippen LogP) is 8.89. The van der Waals surface area contributed by atoms with Crippen LogP contribution in [0.2, 0.25) is 0 Å². The molecule has 8 aromatic rings. The molecule has 0 amide bonds. The molecule has 202 valence electrons.